The van der Waals surface area contributed by atoms with Crippen LogP contribution in [0.4, 0.5) is 5.82 Å². The van der Waals surface area contributed by atoms with Crippen LogP contribution >= 0.6 is 11.6 Å². The van der Waals surface area contributed by atoms with E-state index in [2.05, 4.69) is 12.2 Å². The van der Waals surface area contributed by atoms with Crippen molar-refractivity contribution in [2.75, 3.05) is 26.1 Å². The summed E-state index contributed by atoms with van der Waals surface area (Å²) in [5, 5.41) is 9.33. The second-order valence-corrected chi connectivity index (χ2v) is 7.38. The maximum atomic E-state index is 6.17. The van der Waals surface area contributed by atoms with Crippen LogP contribution in [0.3, 0.4) is 0 Å². The number of nitrogens with zero attached hydrogens (tertiary/aromatic N) is 2. The average Bonchev–Trinajstić information content (AvgIpc) is 2.88. The minimum atomic E-state index is 0.701. The summed E-state index contributed by atoms with van der Waals surface area (Å²) < 4.78 is 13.2. The summed E-state index contributed by atoms with van der Waals surface area (Å²) in [5.74, 6) is 2.45. The fourth-order valence-electron chi connectivity index (χ4n) is 3.82. The van der Waals surface area contributed by atoms with Crippen LogP contribution < -0.4 is 14.8 Å². The summed E-state index contributed by atoms with van der Waals surface area (Å²) in [6.07, 6.45) is 3.21. The van der Waals surface area contributed by atoms with Crippen molar-refractivity contribution >= 4 is 17.4 Å². The van der Waals surface area contributed by atoms with Gasteiger partial charge in [-0.1, -0.05) is 17.7 Å². The van der Waals surface area contributed by atoms with Crippen LogP contribution in [0.5, 0.6) is 11.5 Å². The monoisotopic (exact) mass is 397 g/mol. The lowest BCUT2D eigenvalue weighted by Crippen LogP contribution is -2.08. The molecule has 6 heteroatoms. The van der Waals surface area contributed by atoms with Crippen molar-refractivity contribution in [1.29, 1.82) is 0 Å². The molecule has 0 radical (unpaired) electrons. The lowest BCUT2D eigenvalue weighted by atomic mass is 10.0. The van der Waals surface area contributed by atoms with Crippen LogP contribution in [-0.2, 0) is 6.42 Å². The summed E-state index contributed by atoms with van der Waals surface area (Å²) in [6, 6.07) is 11.8. The van der Waals surface area contributed by atoms with Gasteiger partial charge in [-0.15, -0.1) is 0 Å². The van der Waals surface area contributed by atoms with Crippen LogP contribution in [0.15, 0.2) is 36.4 Å². The van der Waals surface area contributed by atoms with E-state index in [0.717, 1.165) is 59.2 Å². The summed E-state index contributed by atoms with van der Waals surface area (Å²) in [5.41, 5.74) is 5.16. The lowest BCUT2D eigenvalue weighted by molar-refractivity contribution is 0.356. The molecule has 0 fully saturated rings. The molecule has 0 unspecified atom stereocenters. The van der Waals surface area contributed by atoms with Gasteiger partial charge in [-0.25, -0.2) is 4.68 Å². The molecular weight excluding hydrogens is 374 g/mol. The average molecular weight is 398 g/mol. The highest BCUT2D eigenvalue weighted by atomic mass is 35.5. The Morgan fingerprint density at radius 3 is 2.71 bits per heavy atom. The Hall–Kier alpha value is -2.66. The summed E-state index contributed by atoms with van der Waals surface area (Å²) >= 11 is 6.17. The topological polar surface area (TPSA) is 48.3 Å². The number of hydrogen-bond acceptors (Lipinski definition) is 4. The highest BCUT2D eigenvalue weighted by Gasteiger charge is 2.25. The van der Waals surface area contributed by atoms with E-state index in [1.54, 1.807) is 14.2 Å². The Morgan fingerprint density at radius 2 is 1.96 bits per heavy atom. The number of halogens is 1. The molecule has 0 bridgehead atoms. The number of aryl methyl sites for hydroxylation is 1. The fraction of sp³-hybridized carbons (Fsp3) is 0.318. The van der Waals surface area contributed by atoms with Crippen LogP contribution in [0.25, 0.3) is 16.9 Å². The van der Waals surface area contributed by atoms with E-state index in [1.807, 2.05) is 41.1 Å². The van der Waals surface area contributed by atoms with E-state index in [9.17, 15) is 0 Å². The predicted molar refractivity (Wildman–Crippen MR) is 113 cm³/mol. The SMILES string of the molecule is COc1cccc(-c2nn(-c3ccc(Cl)cc3C)c3c2CCCCN3)c1OC. The van der Waals surface area contributed by atoms with E-state index >= 15 is 0 Å². The van der Waals surface area contributed by atoms with Crippen LogP contribution in [0.2, 0.25) is 5.02 Å². The molecule has 2 aromatic carbocycles. The smallest absolute Gasteiger partial charge is 0.170 e. The zero-order valence-corrected chi connectivity index (χ0v) is 17.1. The van der Waals surface area contributed by atoms with Gasteiger partial charge in [0.25, 0.3) is 0 Å². The minimum Gasteiger partial charge on any atom is -0.493 e. The second-order valence-electron chi connectivity index (χ2n) is 6.94. The molecule has 1 N–H and O–H groups in total. The predicted octanol–water partition coefficient (Wildman–Crippen LogP) is 5.27. The molecule has 0 aliphatic carbocycles. The van der Waals surface area contributed by atoms with E-state index in [4.69, 9.17) is 26.2 Å². The van der Waals surface area contributed by atoms with Crippen molar-refractivity contribution in [2.24, 2.45) is 0 Å². The number of anilines is 1. The van der Waals surface area contributed by atoms with Gasteiger partial charge in [-0.3, -0.25) is 0 Å². The Bertz CT molecular complexity index is 1010. The van der Waals surface area contributed by atoms with Crippen molar-refractivity contribution in [3.05, 3.63) is 52.5 Å². The van der Waals surface area contributed by atoms with E-state index in [-0.39, 0.29) is 0 Å². The third kappa shape index (κ3) is 3.20. The van der Waals surface area contributed by atoms with Gasteiger partial charge in [0, 0.05) is 22.7 Å². The zero-order chi connectivity index (χ0) is 19.7. The Kier molecular flexibility index (Phi) is 5.18. The molecule has 0 saturated carbocycles. The van der Waals surface area contributed by atoms with Gasteiger partial charge in [0.15, 0.2) is 11.5 Å². The molecule has 5 nitrogen and oxygen atoms in total. The molecule has 0 spiro atoms. The molecule has 4 rings (SSSR count). The number of fused-ring (bicyclic) bond motifs is 1. The van der Waals surface area contributed by atoms with Gasteiger partial charge in [-0.2, -0.15) is 5.10 Å². The number of hydrogen-bond donors (Lipinski definition) is 1. The summed E-state index contributed by atoms with van der Waals surface area (Å²) in [4.78, 5) is 0. The first-order valence-electron chi connectivity index (χ1n) is 9.47. The largest absolute Gasteiger partial charge is 0.493 e. The van der Waals surface area contributed by atoms with Gasteiger partial charge in [-0.05, 0) is 62.1 Å². The molecule has 0 saturated heterocycles. The number of aromatic nitrogens is 2. The number of benzene rings is 2. The van der Waals surface area contributed by atoms with Crippen LogP contribution in [0.1, 0.15) is 24.0 Å². The maximum absolute atomic E-state index is 6.17. The molecule has 0 amide bonds. The van der Waals surface area contributed by atoms with Gasteiger partial charge >= 0.3 is 0 Å². The lowest BCUT2D eigenvalue weighted by Gasteiger charge is -2.12. The quantitative estimate of drug-likeness (QED) is 0.651. The minimum absolute atomic E-state index is 0.701. The van der Waals surface area contributed by atoms with Gasteiger partial charge in [0.2, 0.25) is 0 Å². The van der Waals surface area contributed by atoms with Gasteiger partial charge in [0.05, 0.1) is 19.9 Å². The number of methoxy groups -OCH3 is 2. The normalized spacial score (nSPS) is 13.4. The molecule has 3 aromatic rings. The number of nitrogens with one attached hydrogen (secondary N) is 1. The number of ether oxygens (including phenoxy) is 2. The van der Waals surface area contributed by atoms with E-state index in [0.29, 0.717) is 11.5 Å². The Morgan fingerprint density at radius 1 is 1.11 bits per heavy atom. The Labute approximate surface area is 170 Å². The van der Waals surface area contributed by atoms with Crippen molar-refractivity contribution in [2.45, 2.75) is 26.2 Å². The van der Waals surface area contributed by atoms with Crippen molar-refractivity contribution < 1.29 is 9.47 Å². The molecule has 28 heavy (non-hydrogen) atoms. The highest BCUT2D eigenvalue weighted by Crippen LogP contribution is 2.42. The summed E-state index contributed by atoms with van der Waals surface area (Å²) in [6.45, 7) is 2.98. The molecule has 1 aliphatic rings. The highest BCUT2D eigenvalue weighted by molar-refractivity contribution is 6.30. The first kappa shape index (κ1) is 18.7. The van der Waals surface area contributed by atoms with Crippen molar-refractivity contribution in [1.82, 2.24) is 9.78 Å². The van der Waals surface area contributed by atoms with Crippen LogP contribution in [-0.4, -0.2) is 30.5 Å². The molecule has 0 atom stereocenters. The third-order valence-corrected chi connectivity index (χ3v) is 5.41. The maximum Gasteiger partial charge on any atom is 0.170 e. The molecular formula is C22H24ClN3O2. The van der Waals surface area contributed by atoms with Crippen molar-refractivity contribution in [3.8, 4) is 28.4 Å². The zero-order valence-electron chi connectivity index (χ0n) is 16.4. The van der Waals surface area contributed by atoms with Crippen LogP contribution in [0, 0.1) is 6.92 Å². The number of rotatable bonds is 4. The standard InChI is InChI=1S/C22H24ClN3O2/c1-14-13-15(23)10-11-18(14)26-22-17(7-4-5-12-24-22)20(25-26)16-8-6-9-19(27-2)21(16)28-3/h6,8-11,13,24H,4-5,7,12H2,1-3H3. The third-order valence-electron chi connectivity index (χ3n) is 5.17. The molecule has 1 aromatic heterocycles. The second kappa shape index (κ2) is 7.76. The Balaban J connectivity index is 1.96. The first-order valence-corrected chi connectivity index (χ1v) is 9.85. The molecule has 2 heterocycles. The summed E-state index contributed by atoms with van der Waals surface area (Å²) in [7, 11) is 3.32. The fourth-order valence-corrected chi connectivity index (χ4v) is 4.05. The van der Waals surface area contributed by atoms with E-state index < -0.39 is 0 Å². The molecule has 146 valence electrons. The van der Waals surface area contributed by atoms with Gasteiger partial charge < -0.3 is 14.8 Å². The van der Waals surface area contributed by atoms with Gasteiger partial charge in [0.1, 0.15) is 11.5 Å². The first-order chi connectivity index (χ1) is 13.6. The van der Waals surface area contributed by atoms with Crippen molar-refractivity contribution in [3.63, 3.8) is 0 Å². The number of para-hydroxylation sites is 1. The van der Waals surface area contributed by atoms with E-state index in [1.165, 1.54) is 5.56 Å². The molecule has 1 aliphatic heterocycles.